The fourth-order valence-corrected chi connectivity index (χ4v) is 6.84. The van der Waals surface area contributed by atoms with Crippen LogP contribution in [0.2, 0.25) is 0 Å². The van der Waals surface area contributed by atoms with Crippen molar-refractivity contribution in [3.8, 4) is 0 Å². The van der Waals surface area contributed by atoms with Crippen molar-refractivity contribution in [1.82, 2.24) is 13.5 Å². The van der Waals surface area contributed by atoms with E-state index in [0.717, 1.165) is 12.8 Å². The van der Waals surface area contributed by atoms with Gasteiger partial charge in [0.2, 0.25) is 20.0 Å². The highest BCUT2D eigenvalue weighted by Crippen LogP contribution is 2.31. The molecule has 1 aromatic carbocycles. The number of amides is 1. The van der Waals surface area contributed by atoms with Crippen molar-refractivity contribution in [2.45, 2.75) is 23.0 Å². The first-order valence-corrected chi connectivity index (χ1v) is 12.7. The number of sulfonamides is 2. The summed E-state index contributed by atoms with van der Waals surface area (Å²) in [5.74, 6) is -0.219. The van der Waals surface area contributed by atoms with Crippen molar-refractivity contribution in [2.24, 2.45) is 0 Å². The zero-order valence-corrected chi connectivity index (χ0v) is 17.7. The summed E-state index contributed by atoms with van der Waals surface area (Å²) in [7, 11) is -6.82. The van der Waals surface area contributed by atoms with E-state index in [4.69, 9.17) is 4.74 Å². The van der Waals surface area contributed by atoms with E-state index in [1.54, 1.807) is 4.90 Å². The molecule has 2 aliphatic heterocycles. The van der Waals surface area contributed by atoms with Gasteiger partial charge < -0.3 is 9.64 Å². The lowest BCUT2D eigenvalue weighted by molar-refractivity contribution is 0.0697. The summed E-state index contributed by atoms with van der Waals surface area (Å²) < 4.78 is 58.0. The lowest BCUT2D eigenvalue weighted by Crippen LogP contribution is -2.51. The number of morpholine rings is 1. The number of nitrogens with zero attached hydrogens (tertiary/aromatic N) is 3. The number of ether oxygens (including phenoxy) is 1. The maximum atomic E-state index is 12.7. The highest BCUT2D eigenvalue weighted by Gasteiger charge is 2.41. The molecule has 11 heteroatoms. The van der Waals surface area contributed by atoms with Crippen LogP contribution >= 0.6 is 0 Å². The number of piperazine rings is 1. The molecule has 1 saturated carbocycles. The first kappa shape index (κ1) is 20.7. The van der Waals surface area contributed by atoms with Gasteiger partial charge in [-0.1, -0.05) is 0 Å². The summed E-state index contributed by atoms with van der Waals surface area (Å²) >= 11 is 0. The number of rotatable bonds is 5. The zero-order chi connectivity index (χ0) is 20.6. The van der Waals surface area contributed by atoms with Crippen molar-refractivity contribution >= 4 is 26.0 Å². The minimum absolute atomic E-state index is 0.149. The number of carbonyl (C=O) groups is 1. The number of hydrogen-bond acceptors (Lipinski definition) is 6. The van der Waals surface area contributed by atoms with Gasteiger partial charge in [-0.15, -0.1) is 0 Å². The zero-order valence-electron chi connectivity index (χ0n) is 16.1. The van der Waals surface area contributed by atoms with Gasteiger partial charge in [0.15, 0.2) is 0 Å². The van der Waals surface area contributed by atoms with E-state index < -0.39 is 20.0 Å². The van der Waals surface area contributed by atoms with Gasteiger partial charge in [-0.05, 0) is 37.1 Å². The van der Waals surface area contributed by atoms with E-state index in [1.165, 1.54) is 32.9 Å². The van der Waals surface area contributed by atoms with Crippen LogP contribution in [-0.4, -0.2) is 94.0 Å². The van der Waals surface area contributed by atoms with Crippen LogP contribution in [0.1, 0.15) is 23.2 Å². The Morgan fingerprint density at radius 1 is 0.828 bits per heavy atom. The molecular weight excluding hydrogens is 418 g/mol. The summed E-state index contributed by atoms with van der Waals surface area (Å²) in [6, 6.07) is 5.93. The molecule has 0 radical (unpaired) electrons. The summed E-state index contributed by atoms with van der Waals surface area (Å²) in [5.41, 5.74) is 0.393. The molecule has 0 bridgehead atoms. The molecular formula is C18H25N3O6S2. The van der Waals surface area contributed by atoms with Crippen molar-refractivity contribution in [2.75, 3.05) is 52.5 Å². The Bertz CT molecular complexity index is 959. The second kappa shape index (κ2) is 7.95. The van der Waals surface area contributed by atoms with Crippen LogP contribution in [0.25, 0.3) is 0 Å². The average Bonchev–Trinajstić information content (AvgIpc) is 3.60. The molecule has 0 N–H and O–H groups in total. The third kappa shape index (κ3) is 4.19. The molecule has 1 aliphatic carbocycles. The van der Waals surface area contributed by atoms with Crippen molar-refractivity contribution in [3.05, 3.63) is 29.8 Å². The van der Waals surface area contributed by atoms with Gasteiger partial charge in [0.05, 0.1) is 23.4 Å². The minimum atomic E-state index is -3.60. The number of hydrogen-bond donors (Lipinski definition) is 0. The van der Waals surface area contributed by atoms with Crippen molar-refractivity contribution in [3.63, 3.8) is 0 Å². The molecule has 0 spiro atoms. The van der Waals surface area contributed by atoms with E-state index in [9.17, 15) is 21.6 Å². The fourth-order valence-electron chi connectivity index (χ4n) is 3.61. The molecule has 3 fully saturated rings. The van der Waals surface area contributed by atoms with E-state index in [0.29, 0.717) is 58.0 Å². The Morgan fingerprint density at radius 3 is 1.97 bits per heavy atom. The number of benzene rings is 1. The topological polar surface area (TPSA) is 104 Å². The van der Waals surface area contributed by atoms with E-state index in [2.05, 4.69) is 0 Å². The molecule has 0 unspecified atom stereocenters. The van der Waals surface area contributed by atoms with Gasteiger partial charge >= 0.3 is 0 Å². The van der Waals surface area contributed by atoms with Crippen LogP contribution in [0, 0.1) is 0 Å². The Balaban J connectivity index is 1.40. The Morgan fingerprint density at radius 2 is 1.41 bits per heavy atom. The standard InChI is InChI=1S/C18H25N3O6S2/c22-18(19-7-9-20(10-8-19)28(23,24)17-5-6-17)15-1-3-16(4-2-15)29(25,26)21-11-13-27-14-12-21/h1-4,17H,5-14H2. The van der Waals surface area contributed by atoms with Crippen molar-refractivity contribution in [1.29, 1.82) is 0 Å². The highest BCUT2D eigenvalue weighted by molar-refractivity contribution is 7.90. The molecule has 4 rings (SSSR count). The Labute approximate surface area is 171 Å². The molecule has 1 aromatic rings. The second-order valence-electron chi connectivity index (χ2n) is 7.48. The van der Waals surface area contributed by atoms with Gasteiger partial charge in [0.1, 0.15) is 0 Å². The Kier molecular flexibility index (Phi) is 5.68. The SMILES string of the molecule is O=C(c1ccc(S(=O)(=O)N2CCOCC2)cc1)N1CCN(S(=O)(=O)C2CC2)CC1. The van der Waals surface area contributed by atoms with Gasteiger partial charge in [-0.2, -0.15) is 8.61 Å². The fraction of sp³-hybridized carbons (Fsp3) is 0.611. The maximum absolute atomic E-state index is 12.7. The van der Waals surface area contributed by atoms with Gasteiger partial charge in [0.25, 0.3) is 5.91 Å². The molecule has 0 atom stereocenters. The number of carbonyl (C=O) groups excluding carboxylic acids is 1. The molecule has 3 aliphatic rings. The summed E-state index contributed by atoms with van der Waals surface area (Å²) in [6.07, 6.45) is 1.45. The van der Waals surface area contributed by atoms with Crippen LogP contribution in [0.3, 0.4) is 0 Å². The molecule has 160 valence electrons. The largest absolute Gasteiger partial charge is 0.379 e. The third-order valence-electron chi connectivity index (χ3n) is 5.54. The van der Waals surface area contributed by atoms with Crippen LogP contribution < -0.4 is 0 Å². The molecule has 29 heavy (non-hydrogen) atoms. The van der Waals surface area contributed by atoms with Crippen LogP contribution in [0.15, 0.2) is 29.2 Å². The first-order chi connectivity index (χ1) is 13.8. The lowest BCUT2D eigenvalue weighted by Gasteiger charge is -2.34. The highest BCUT2D eigenvalue weighted by atomic mass is 32.2. The van der Waals surface area contributed by atoms with E-state index in [-0.39, 0.29) is 16.1 Å². The van der Waals surface area contributed by atoms with E-state index in [1.807, 2.05) is 0 Å². The lowest BCUT2D eigenvalue weighted by atomic mass is 10.2. The quantitative estimate of drug-likeness (QED) is 0.632. The monoisotopic (exact) mass is 443 g/mol. The summed E-state index contributed by atoms with van der Waals surface area (Å²) in [6.45, 7) is 2.64. The van der Waals surface area contributed by atoms with Crippen molar-refractivity contribution < 1.29 is 26.4 Å². The Hall–Kier alpha value is -1.53. The van der Waals surface area contributed by atoms with Crippen LogP contribution in [0.4, 0.5) is 0 Å². The minimum Gasteiger partial charge on any atom is -0.379 e. The van der Waals surface area contributed by atoms with Gasteiger partial charge in [0, 0.05) is 44.8 Å². The predicted octanol–water partition coefficient (Wildman–Crippen LogP) is -0.0425. The smallest absolute Gasteiger partial charge is 0.253 e. The molecule has 9 nitrogen and oxygen atoms in total. The normalized spacial score (nSPS) is 22.6. The molecule has 0 aromatic heterocycles. The molecule has 1 amide bonds. The van der Waals surface area contributed by atoms with Gasteiger partial charge in [-0.25, -0.2) is 16.8 Å². The van der Waals surface area contributed by atoms with E-state index >= 15 is 0 Å². The average molecular weight is 444 g/mol. The third-order valence-corrected chi connectivity index (χ3v) is 9.85. The molecule has 2 saturated heterocycles. The van der Waals surface area contributed by atoms with Crippen LogP contribution in [0.5, 0.6) is 0 Å². The summed E-state index contributed by atoms with van der Waals surface area (Å²) in [4.78, 5) is 14.5. The van der Waals surface area contributed by atoms with Crippen LogP contribution in [-0.2, 0) is 24.8 Å². The predicted molar refractivity (Wildman–Crippen MR) is 105 cm³/mol. The molecule has 2 heterocycles. The van der Waals surface area contributed by atoms with Gasteiger partial charge in [-0.3, -0.25) is 4.79 Å². The first-order valence-electron chi connectivity index (χ1n) is 9.76. The second-order valence-corrected chi connectivity index (χ2v) is 11.6. The summed E-state index contributed by atoms with van der Waals surface area (Å²) in [5, 5.41) is -0.245. The maximum Gasteiger partial charge on any atom is 0.253 e.